The van der Waals surface area contributed by atoms with Crippen molar-refractivity contribution in [1.29, 1.82) is 0 Å². The summed E-state index contributed by atoms with van der Waals surface area (Å²) in [5.74, 6) is 0. The molecule has 0 aliphatic rings. The maximum absolute atomic E-state index is 9.50. The van der Waals surface area contributed by atoms with Crippen molar-refractivity contribution in [2.45, 2.75) is 46.3 Å². The minimum Gasteiger partial charge on any atom is -0.392 e. The first-order valence-corrected chi connectivity index (χ1v) is 6.85. The van der Waals surface area contributed by atoms with Crippen LogP contribution in [0, 0.1) is 0 Å². The predicted octanol–water partition coefficient (Wildman–Crippen LogP) is 1.48. The first kappa shape index (κ1) is 13.8. The Bertz CT molecular complexity index is 542. The Balaban J connectivity index is 2.17. The van der Waals surface area contributed by atoms with Crippen molar-refractivity contribution in [3.8, 4) is 0 Å². The summed E-state index contributed by atoms with van der Waals surface area (Å²) in [7, 11) is 1.92. The monoisotopic (exact) mass is 262 g/mol. The molecule has 0 radical (unpaired) electrons. The lowest BCUT2D eigenvalue weighted by atomic mass is 10.1. The molecule has 104 valence electrons. The van der Waals surface area contributed by atoms with Gasteiger partial charge in [0.25, 0.3) is 0 Å². The van der Waals surface area contributed by atoms with Gasteiger partial charge in [-0.15, -0.1) is 0 Å². The van der Waals surface area contributed by atoms with Crippen LogP contribution < -0.4 is 0 Å². The van der Waals surface area contributed by atoms with E-state index < -0.39 is 0 Å². The van der Waals surface area contributed by atoms with Gasteiger partial charge in [0.15, 0.2) is 0 Å². The highest BCUT2D eigenvalue weighted by Gasteiger charge is 2.14. The van der Waals surface area contributed by atoms with Crippen LogP contribution in [-0.4, -0.2) is 24.7 Å². The number of aliphatic hydroxyl groups is 1. The van der Waals surface area contributed by atoms with Crippen molar-refractivity contribution in [3.05, 3.63) is 34.9 Å². The van der Waals surface area contributed by atoms with Gasteiger partial charge in [0.1, 0.15) is 0 Å². The van der Waals surface area contributed by atoms with Gasteiger partial charge in [-0.25, -0.2) is 0 Å². The van der Waals surface area contributed by atoms with Gasteiger partial charge in [-0.2, -0.15) is 10.2 Å². The summed E-state index contributed by atoms with van der Waals surface area (Å²) < 4.78 is 3.85. The van der Waals surface area contributed by atoms with Crippen LogP contribution in [0.2, 0.25) is 0 Å². The number of nitrogens with zero attached hydrogens (tertiary/aromatic N) is 4. The van der Waals surface area contributed by atoms with E-state index in [1.54, 1.807) is 0 Å². The van der Waals surface area contributed by atoms with E-state index >= 15 is 0 Å². The topological polar surface area (TPSA) is 55.9 Å². The molecule has 2 aromatic heterocycles. The summed E-state index contributed by atoms with van der Waals surface area (Å²) >= 11 is 0. The van der Waals surface area contributed by atoms with Crippen LogP contribution in [0.1, 0.15) is 36.4 Å². The molecule has 5 nitrogen and oxygen atoms in total. The molecular weight excluding hydrogens is 240 g/mol. The Labute approximate surface area is 113 Å². The molecule has 1 N–H and O–H groups in total. The molecule has 0 saturated heterocycles. The van der Waals surface area contributed by atoms with Gasteiger partial charge in [0, 0.05) is 31.0 Å². The summed E-state index contributed by atoms with van der Waals surface area (Å²) in [5.41, 5.74) is 4.40. The van der Waals surface area contributed by atoms with Gasteiger partial charge < -0.3 is 5.11 Å². The third kappa shape index (κ3) is 2.87. The van der Waals surface area contributed by atoms with Crippen molar-refractivity contribution in [3.63, 3.8) is 0 Å². The van der Waals surface area contributed by atoms with Crippen LogP contribution in [0.3, 0.4) is 0 Å². The molecule has 0 unspecified atom stereocenters. The molecule has 0 atom stereocenters. The fourth-order valence-corrected chi connectivity index (χ4v) is 2.47. The van der Waals surface area contributed by atoms with Gasteiger partial charge in [0.2, 0.25) is 0 Å². The SMILES string of the molecule is CCc1nn(CCc2cnn(C)c2)c(CC)c1CO. The van der Waals surface area contributed by atoms with Crippen LogP contribution in [0.5, 0.6) is 0 Å². The zero-order valence-corrected chi connectivity index (χ0v) is 11.9. The lowest BCUT2D eigenvalue weighted by molar-refractivity contribution is 0.279. The van der Waals surface area contributed by atoms with E-state index in [9.17, 15) is 5.11 Å². The normalized spacial score (nSPS) is 11.2. The summed E-state index contributed by atoms with van der Waals surface area (Å²) in [6.07, 6.45) is 6.60. The van der Waals surface area contributed by atoms with Crippen LogP contribution in [0.15, 0.2) is 12.4 Å². The summed E-state index contributed by atoms with van der Waals surface area (Å²) in [4.78, 5) is 0. The molecule has 19 heavy (non-hydrogen) atoms. The number of rotatable bonds is 6. The fraction of sp³-hybridized carbons (Fsp3) is 0.571. The van der Waals surface area contributed by atoms with Gasteiger partial charge in [0.05, 0.1) is 18.5 Å². The Morgan fingerprint density at radius 3 is 2.58 bits per heavy atom. The zero-order valence-electron chi connectivity index (χ0n) is 11.9. The molecule has 2 heterocycles. The van der Waals surface area contributed by atoms with Crippen molar-refractivity contribution in [1.82, 2.24) is 19.6 Å². The lowest BCUT2D eigenvalue weighted by Gasteiger charge is -2.06. The average Bonchev–Trinajstić information content (AvgIpc) is 2.98. The van der Waals surface area contributed by atoms with Gasteiger partial charge in [-0.1, -0.05) is 13.8 Å². The molecule has 0 fully saturated rings. The smallest absolute Gasteiger partial charge is 0.0718 e. The Hall–Kier alpha value is -1.62. The van der Waals surface area contributed by atoms with E-state index in [1.165, 1.54) is 5.56 Å². The predicted molar refractivity (Wildman–Crippen MR) is 73.8 cm³/mol. The highest BCUT2D eigenvalue weighted by Crippen LogP contribution is 2.17. The van der Waals surface area contributed by atoms with Crippen LogP contribution in [0.25, 0.3) is 0 Å². The summed E-state index contributed by atoms with van der Waals surface area (Å²) in [5, 5.41) is 18.3. The van der Waals surface area contributed by atoms with E-state index in [0.717, 1.165) is 42.8 Å². The van der Waals surface area contributed by atoms with E-state index in [2.05, 4.69) is 24.0 Å². The Kier molecular flexibility index (Phi) is 4.37. The van der Waals surface area contributed by atoms with Crippen molar-refractivity contribution < 1.29 is 5.11 Å². The van der Waals surface area contributed by atoms with Gasteiger partial charge in [-0.05, 0) is 24.8 Å². The fourth-order valence-electron chi connectivity index (χ4n) is 2.47. The standard InChI is InChI=1S/C14H22N4O/c1-4-13-12(10-19)14(5-2)18(16-13)7-6-11-8-15-17(3)9-11/h8-9,19H,4-7,10H2,1-3H3. The molecular formula is C14H22N4O. The number of aryl methyl sites for hydroxylation is 4. The maximum Gasteiger partial charge on any atom is 0.0718 e. The second kappa shape index (κ2) is 6.02. The van der Waals surface area contributed by atoms with Crippen molar-refractivity contribution >= 4 is 0 Å². The molecule has 0 bridgehead atoms. The summed E-state index contributed by atoms with van der Waals surface area (Å²) in [6, 6.07) is 0. The van der Waals surface area contributed by atoms with Crippen LogP contribution in [0.4, 0.5) is 0 Å². The molecule has 0 amide bonds. The van der Waals surface area contributed by atoms with Crippen molar-refractivity contribution in [2.24, 2.45) is 7.05 Å². The van der Waals surface area contributed by atoms with Gasteiger partial charge >= 0.3 is 0 Å². The number of hydrogen-bond acceptors (Lipinski definition) is 3. The first-order valence-electron chi connectivity index (χ1n) is 6.85. The second-order valence-electron chi connectivity index (χ2n) is 4.73. The third-order valence-corrected chi connectivity index (χ3v) is 3.45. The van der Waals surface area contributed by atoms with E-state index in [-0.39, 0.29) is 6.61 Å². The quantitative estimate of drug-likeness (QED) is 0.858. The van der Waals surface area contributed by atoms with Crippen LogP contribution >= 0.6 is 0 Å². The minimum absolute atomic E-state index is 0.0826. The third-order valence-electron chi connectivity index (χ3n) is 3.45. The van der Waals surface area contributed by atoms with E-state index in [4.69, 9.17) is 0 Å². The highest BCUT2D eigenvalue weighted by atomic mass is 16.3. The second-order valence-corrected chi connectivity index (χ2v) is 4.73. The molecule has 5 heteroatoms. The zero-order chi connectivity index (χ0) is 13.8. The van der Waals surface area contributed by atoms with Crippen molar-refractivity contribution in [2.75, 3.05) is 0 Å². The minimum atomic E-state index is 0.0826. The Morgan fingerprint density at radius 2 is 2.05 bits per heavy atom. The molecule has 0 saturated carbocycles. The number of aromatic nitrogens is 4. The number of aliphatic hydroxyl groups excluding tert-OH is 1. The van der Waals surface area contributed by atoms with Gasteiger partial charge in [-0.3, -0.25) is 9.36 Å². The number of hydrogen-bond donors (Lipinski definition) is 1. The first-order chi connectivity index (χ1) is 9.19. The molecule has 2 aromatic rings. The lowest BCUT2D eigenvalue weighted by Crippen LogP contribution is -2.07. The maximum atomic E-state index is 9.50. The molecule has 0 aliphatic heterocycles. The Morgan fingerprint density at radius 1 is 1.26 bits per heavy atom. The van der Waals surface area contributed by atoms with E-state index in [0.29, 0.717) is 0 Å². The summed E-state index contributed by atoms with van der Waals surface area (Å²) in [6.45, 7) is 5.10. The molecule has 0 spiro atoms. The molecule has 0 aliphatic carbocycles. The van der Waals surface area contributed by atoms with E-state index in [1.807, 2.05) is 28.8 Å². The highest BCUT2D eigenvalue weighted by molar-refractivity contribution is 5.26. The van der Waals surface area contributed by atoms with Crippen LogP contribution in [-0.2, 0) is 39.5 Å². The largest absolute Gasteiger partial charge is 0.392 e. The average molecular weight is 262 g/mol. The molecule has 0 aromatic carbocycles. The molecule has 2 rings (SSSR count).